The average Bonchev–Trinajstić information content (AvgIpc) is 2.77. The number of halogens is 2. The lowest BCUT2D eigenvalue weighted by molar-refractivity contribution is -0.128. The van der Waals surface area contributed by atoms with Gasteiger partial charge < -0.3 is 4.90 Å². The summed E-state index contributed by atoms with van der Waals surface area (Å²) in [5.41, 5.74) is 0.314. The molecule has 1 N–H and O–H groups in total. The number of carbonyl (C=O) groups excluding carboxylic acids is 1. The maximum atomic E-state index is 13.8. The number of hydrogen-bond donors (Lipinski definition) is 1. The lowest BCUT2D eigenvalue weighted by atomic mass is 10.1. The summed E-state index contributed by atoms with van der Waals surface area (Å²) in [6.07, 6.45) is 2.36. The lowest BCUT2D eigenvalue weighted by Gasteiger charge is -2.26. The van der Waals surface area contributed by atoms with Crippen molar-refractivity contribution in [3.63, 3.8) is 0 Å². The van der Waals surface area contributed by atoms with E-state index in [1.54, 1.807) is 16.7 Å². The Labute approximate surface area is 121 Å². The molecule has 0 spiro atoms. The Hall–Kier alpha value is -1.14. The SMILES string of the molecule is CSC(C)CCN1C(=O)CNC1c1ccc(F)cc1F. The van der Waals surface area contributed by atoms with Crippen molar-refractivity contribution in [1.29, 1.82) is 0 Å². The Kier molecular flexibility index (Phi) is 4.99. The standard InChI is InChI=1S/C14H18F2N2OS/c1-9(20-2)5-6-18-13(19)8-17-14(18)11-4-3-10(15)7-12(11)16/h3-4,7,9,14,17H,5-6,8H2,1-2H3. The van der Waals surface area contributed by atoms with Gasteiger partial charge in [0.05, 0.1) is 6.54 Å². The maximum Gasteiger partial charge on any atom is 0.238 e. The topological polar surface area (TPSA) is 32.3 Å². The molecular weight excluding hydrogens is 282 g/mol. The normalized spacial score (nSPS) is 20.5. The zero-order valence-corrected chi connectivity index (χ0v) is 12.3. The molecule has 0 bridgehead atoms. The number of carbonyl (C=O) groups is 1. The molecule has 110 valence electrons. The van der Waals surface area contributed by atoms with Crippen molar-refractivity contribution in [2.75, 3.05) is 19.3 Å². The number of nitrogens with one attached hydrogen (secondary N) is 1. The molecule has 20 heavy (non-hydrogen) atoms. The highest BCUT2D eigenvalue weighted by Gasteiger charge is 2.33. The van der Waals surface area contributed by atoms with Crippen molar-refractivity contribution < 1.29 is 13.6 Å². The van der Waals surface area contributed by atoms with Gasteiger partial charge in [-0.3, -0.25) is 10.1 Å². The summed E-state index contributed by atoms with van der Waals surface area (Å²) in [6, 6.07) is 3.46. The van der Waals surface area contributed by atoms with Gasteiger partial charge in [-0.15, -0.1) is 0 Å². The average molecular weight is 300 g/mol. The second-order valence-corrected chi connectivity index (χ2v) is 6.15. The van der Waals surface area contributed by atoms with E-state index in [0.29, 0.717) is 17.4 Å². The molecule has 1 aliphatic rings. The largest absolute Gasteiger partial charge is 0.322 e. The fraction of sp³-hybridized carbons (Fsp3) is 0.500. The van der Waals surface area contributed by atoms with Gasteiger partial charge in [0.1, 0.15) is 17.8 Å². The van der Waals surface area contributed by atoms with E-state index >= 15 is 0 Å². The Morgan fingerprint density at radius 3 is 2.90 bits per heavy atom. The van der Waals surface area contributed by atoms with E-state index in [2.05, 4.69) is 12.2 Å². The summed E-state index contributed by atoms with van der Waals surface area (Å²) in [5.74, 6) is -1.29. The molecule has 1 fully saturated rings. The molecule has 3 nitrogen and oxygen atoms in total. The fourth-order valence-electron chi connectivity index (χ4n) is 2.23. The van der Waals surface area contributed by atoms with E-state index in [1.165, 1.54) is 12.1 Å². The molecule has 6 heteroatoms. The molecule has 2 rings (SSSR count). The van der Waals surface area contributed by atoms with Crippen LogP contribution in [0.25, 0.3) is 0 Å². The molecule has 1 aromatic carbocycles. The number of benzene rings is 1. The first-order valence-corrected chi connectivity index (χ1v) is 7.82. The number of rotatable bonds is 5. The molecular formula is C14H18F2N2OS. The van der Waals surface area contributed by atoms with Crippen LogP contribution in [-0.4, -0.2) is 35.4 Å². The number of amides is 1. The van der Waals surface area contributed by atoms with Crippen LogP contribution >= 0.6 is 11.8 Å². The number of hydrogen-bond acceptors (Lipinski definition) is 3. The van der Waals surface area contributed by atoms with Crippen molar-refractivity contribution in [3.05, 3.63) is 35.4 Å². The van der Waals surface area contributed by atoms with Crippen LogP contribution in [0.15, 0.2) is 18.2 Å². The Morgan fingerprint density at radius 2 is 2.25 bits per heavy atom. The number of thioether (sulfide) groups is 1. The molecule has 1 aromatic rings. The molecule has 0 aliphatic carbocycles. The van der Waals surface area contributed by atoms with E-state index in [4.69, 9.17) is 0 Å². The van der Waals surface area contributed by atoms with Gasteiger partial charge in [0.25, 0.3) is 0 Å². The van der Waals surface area contributed by atoms with Gasteiger partial charge in [-0.25, -0.2) is 8.78 Å². The van der Waals surface area contributed by atoms with Crippen molar-refractivity contribution in [2.24, 2.45) is 0 Å². The van der Waals surface area contributed by atoms with Crippen molar-refractivity contribution in [3.8, 4) is 0 Å². The molecule has 2 unspecified atom stereocenters. The van der Waals surface area contributed by atoms with Crippen LogP contribution in [0.5, 0.6) is 0 Å². The van der Waals surface area contributed by atoms with Crippen LogP contribution in [0.2, 0.25) is 0 Å². The molecule has 1 heterocycles. The summed E-state index contributed by atoms with van der Waals surface area (Å²) >= 11 is 1.73. The Bertz CT molecular complexity index is 498. The minimum atomic E-state index is -0.625. The van der Waals surface area contributed by atoms with E-state index < -0.39 is 17.8 Å². The molecule has 1 amide bonds. The molecule has 1 saturated heterocycles. The van der Waals surface area contributed by atoms with Crippen LogP contribution in [0.3, 0.4) is 0 Å². The third-order valence-electron chi connectivity index (χ3n) is 3.51. The second-order valence-electron chi connectivity index (χ2n) is 4.87. The minimum Gasteiger partial charge on any atom is -0.322 e. The van der Waals surface area contributed by atoms with Crippen LogP contribution in [0, 0.1) is 11.6 Å². The van der Waals surface area contributed by atoms with Crippen molar-refractivity contribution >= 4 is 17.7 Å². The van der Waals surface area contributed by atoms with Crippen LogP contribution in [0.1, 0.15) is 25.1 Å². The van der Waals surface area contributed by atoms with Gasteiger partial charge in [-0.2, -0.15) is 11.8 Å². The summed E-state index contributed by atoms with van der Waals surface area (Å²) in [4.78, 5) is 13.5. The third kappa shape index (κ3) is 3.30. The Morgan fingerprint density at radius 1 is 1.50 bits per heavy atom. The third-order valence-corrected chi connectivity index (χ3v) is 4.56. The summed E-state index contributed by atoms with van der Waals surface area (Å²) in [7, 11) is 0. The first-order chi connectivity index (χ1) is 9.52. The van der Waals surface area contributed by atoms with Crippen LogP contribution < -0.4 is 5.32 Å². The zero-order chi connectivity index (χ0) is 14.7. The summed E-state index contributed by atoms with van der Waals surface area (Å²) in [5, 5.41) is 3.41. The van der Waals surface area contributed by atoms with Gasteiger partial charge in [0.15, 0.2) is 0 Å². The molecule has 0 saturated carbocycles. The molecule has 1 aliphatic heterocycles. The zero-order valence-electron chi connectivity index (χ0n) is 11.5. The van der Waals surface area contributed by atoms with Gasteiger partial charge >= 0.3 is 0 Å². The summed E-state index contributed by atoms with van der Waals surface area (Å²) in [6.45, 7) is 2.84. The van der Waals surface area contributed by atoms with Gasteiger partial charge in [-0.1, -0.05) is 6.92 Å². The van der Waals surface area contributed by atoms with Crippen LogP contribution in [0.4, 0.5) is 8.78 Å². The highest BCUT2D eigenvalue weighted by molar-refractivity contribution is 7.99. The molecule has 0 aromatic heterocycles. The maximum absolute atomic E-state index is 13.8. The first kappa shape index (κ1) is 15.3. The predicted molar refractivity (Wildman–Crippen MR) is 76.4 cm³/mol. The van der Waals surface area contributed by atoms with E-state index in [-0.39, 0.29) is 12.5 Å². The van der Waals surface area contributed by atoms with Gasteiger partial charge in [0, 0.05) is 23.4 Å². The molecule has 2 atom stereocenters. The quantitative estimate of drug-likeness (QED) is 0.907. The predicted octanol–water partition coefficient (Wildman–Crippen LogP) is 2.54. The van der Waals surface area contributed by atoms with E-state index in [9.17, 15) is 13.6 Å². The van der Waals surface area contributed by atoms with Gasteiger partial charge in [-0.05, 0) is 24.8 Å². The van der Waals surface area contributed by atoms with Crippen molar-refractivity contribution in [1.82, 2.24) is 10.2 Å². The van der Waals surface area contributed by atoms with Crippen LogP contribution in [-0.2, 0) is 4.79 Å². The van der Waals surface area contributed by atoms with E-state index in [1.807, 2.05) is 6.26 Å². The van der Waals surface area contributed by atoms with Crippen molar-refractivity contribution in [2.45, 2.75) is 24.8 Å². The first-order valence-electron chi connectivity index (χ1n) is 6.53. The monoisotopic (exact) mass is 300 g/mol. The van der Waals surface area contributed by atoms with Gasteiger partial charge in [0.2, 0.25) is 5.91 Å². The molecule has 0 radical (unpaired) electrons. The lowest BCUT2D eigenvalue weighted by Crippen LogP contribution is -2.32. The highest BCUT2D eigenvalue weighted by atomic mass is 32.2. The smallest absolute Gasteiger partial charge is 0.238 e. The highest BCUT2D eigenvalue weighted by Crippen LogP contribution is 2.26. The Balaban J connectivity index is 2.15. The number of nitrogens with zero attached hydrogens (tertiary/aromatic N) is 1. The minimum absolute atomic E-state index is 0.0490. The summed E-state index contributed by atoms with van der Waals surface area (Å²) < 4.78 is 26.8. The van der Waals surface area contributed by atoms with E-state index in [0.717, 1.165) is 12.5 Å². The fourth-order valence-corrected chi connectivity index (χ4v) is 2.57. The second kappa shape index (κ2) is 6.54.